The first-order chi connectivity index (χ1) is 9.55. The van der Waals surface area contributed by atoms with Crippen molar-refractivity contribution in [1.29, 1.82) is 0 Å². The maximum atomic E-state index is 11.6. The lowest BCUT2D eigenvalue weighted by Crippen LogP contribution is -2.64. The van der Waals surface area contributed by atoms with E-state index in [-0.39, 0.29) is 30.1 Å². The van der Waals surface area contributed by atoms with Gasteiger partial charge in [0.05, 0.1) is 27.1 Å². The van der Waals surface area contributed by atoms with E-state index in [4.69, 9.17) is 14.2 Å². The molecule has 1 heterocycles. The largest absolute Gasteiger partial charge is 0.460 e. The van der Waals surface area contributed by atoms with Crippen molar-refractivity contribution in [1.82, 2.24) is 0 Å². The zero-order valence-corrected chi connectivity index (χ0v) is 13.7. The lowest BCUT2D eigenvalue weighted by molar-refractivity contribution is -0.903. The van der Waals surface area contributed by atoms with Crippen molar-refractivity contribution in [3.8, 4) is 0 Å². The number of hydrogen-bond acceptors (Lipinski definition) is 5. The minimum absolute atomic E-state index is 0.0268. The van der Waals surface area contributed by atoms with Gasteiger partial charge in [-0.3, -0.25) is 4.79 Å². The Morgan fingerprint density at radius 1 is 1.24 bits per heavy atom. The van der Waals surface area contributed by atoms with E-state index in [0.717, 1.165) is 6.29 Å². The van der Waals surface area contributed by atoms with Crippen molar-refractivity contribution < 1.29 is 28.3 Å². The van der Waals surface area contributed by atoms with Crippen LogP contribution in [0.15, 0.2) is 0 Å². The van der Waals surface area contributed by atoms with E-state index in [0.29, 0.717) is 10.9 Å². The molecule has 6 nitrogen and oxygen atoms in total. The molecule has 5 atom stereocenters. The van der Waals surface area contributed by atoms with Crippen molar-refractivity contribution in [3.05, 3.63) is 0 Å². The highest BCUT2D eigenvalue weighted by molar-refractivity contribution is 5.66. The van der Waals surface area contributed by atoms with Crippen LogP contribution in [0.2, 0.25) is 0 Å². The third-order valence-electron chi connectivity index (χ3n) is 4.20. The molecule has 21 heavy (non-hydrogen) atoms. The first-order valence-corrected chi connectivity index (χ1v) is 7.34. The molecule has 1 saturated heterocycles. The molecule has 0 aromatic carbocycles. The quantitative estimate of drug-likeness (QED) is 0.437. The summed E-state index contributed by atoms with van der Waals surface area (Å²) in [5, 5.41) is 0. The number of aldehydes is 1. The highest BCUT2D eigenvalue weighted by Crippen LogP contribution is 2.42. The molecule has 0 spiro atoms. The van der Waals surface area contributed by atoms with Gasteiger partial charge >= 0.3 is 5.97 Å². The maximum absolute atomic E-state index is 11.6. The summed E-state index contributed by atoms with van der Waals surface area (Å²) < 4.78 is 18.0. The number of quaternary nitrogens is 1. The van der Waals surface area contributed by atoms with E-state index in [1.54, 1.807) is 0 Å². The first-order valence-electron chi connectivity index (χ1n) is 7.34. The summed E-state index contributed by atoms with van der Waals surface area (Å²) in [5.41, 5.74) is 0. The Bertz CT molecular complexity index is 428. The van der Waals surface area contributed by atoms with Crippen LogP contribution in [0.4, 0.5) is 0 Å². The van der Waals surface area contributed by atoms with E-state index in [1.165, 1.54) is 6.92 Å². The Morgan fingerprint density at radius 3 is 2.29 bits per heavy atom. The van der Waals surface area contributed by atoms with Gasteiger partial charge in [-0.05, 0) is 13.8 Å². The van der Waals surface area contributed by atoms with Gasteiger partial charge < -0.3 is 23.5 Å². The van der Waals surface area contributed by atoms with Crippen molar-refractivity contribution in [3.63, 3.8) is 0 Å². The Kier molecular flexibility index (Phi) is 4.17. The monoisotopic (exact) mass is 300 g/mol. The average molecular weight is 300 g/mol. The summed E-state index contributed by atoms with van der Waals surface area (Å²) in [7, 11) is 6.12. The van der Waals surface area contributed by atoms with Crippen LogP contribution in [0.3, 0.4) is 0 Å². The molecule has 0 aromatic heterocycles. The lowest BCUT2D eigenvalue weighted by Gasteiger charge is -2.46. The van der Waals surface area contributed by atoms with Crippen LogP contribution in [0, 0.1) is 5.92 Å². The second-order valence-electron chi connectivity index (χ2n) is 7.36. The predicted molar refractivity (Wildman–Crippen MR) is 75.4 cm³/mol. The summed E-state index contributed by atoms with van der Waals surface area (Å²) in [4.78, 5) is 22.9. The zero-order chi connectivity index (χ0) is 16.0. The smallest absolute Gasteiger partial charge is 0.302 e. The van der Waals surface area contributed by atoms with Crippen molar-refractivity contribution >= 4 is 12.3 Å². The van der Waals surface area contributed by atoms with Gasteiger partial charge in [0.2, 0.25) is 0 Å². The van der Waals surface area contributed by atoms with Gasteiger partial charge in [0.25, 0.3) is 0 Å². The highest BCUT2D eigenvalue weighted by atomic mass is 16.8. The van der Waals surface area contributed by atoms with Gasteiger partial charge in [-0.2, -0.15) is 0 Å². The minimum atomic E-state index is -0.737. The molecular formula is C15H26NO5+. The van der Waals surface area contributed by atoms with E-state index < -0.39 is 11.9 Å². The Morgan fingerprint density at radius 2 is 1.81 bits per heavy atom. The molecule has 0 bridgehead atoms. The summed E-state index contributed by atoms with van der Waals surface area (Å²) in [6, 6.07) is -0.0268. The lowest BCUT2D eigenvalue weighted by atomic mass is 9.78. The molecule has 1 unspecified atom stereocenters. The van der Waals surface area contributed by atoms with Crippen LogP contribution < -0.4 is 0 Å². The first kappa shape index (κ1) is 16.4. The third-order valence-corrected chi connectivity index (χ3v) is 4.20. The van der Waals surface area contributed by atoms with E-state index in [2.05, 4.69) is 0 Å². The van der Waals surface area contributed by atoms with Crippen molar-refractivity contribution in [2.75, 3.05) is 21.1 Å². The predicted octanol–water partition coefficient (Wildman–Crippen LogP) is 0.732. The number of fused-ring (bicyclic) bond motifs is 1. The number of rotatable bonds is 3. The Balaban J connectivity index is 2.35. The number of ether oxygens (including phenoxy) is 3. The number of esters is 1. The second-order valence-corrected chi connectivity index (χ2v) is 7.36. The molecule has 0 radical (unpaired) electrons. The molecule has 120 valence electrons. The van der Waals surface area contributed by atoms with Crippen LogP contribution in [-0.2, 0) is 23.8 Å². The standard InChI is InChI=1S/C15H26NO5/c1-9(18)19-11-7-10(8-17)12(16(4,5)6)14-13(11)20-15(2,3)21-14/h8,10-14H,7H2,1-6H3/q+1/t10?,11-,12-,13-,14+/m0/s1. The topological polar surface area (TPSA) is 61.8 Å². The van der Waals surface area contributed by atoms with Crippen LogP contribution in [0.1, 0.15) is 27.2 Å². The molecule has 2 fully saturated rings. The third kappa shape index (κ3) is 3.27. The molecule has 0 N–H and O–H groups in total. The summed E-state index contributed by atoms with van der Waals surface area (Å²) in [6.07, 6.45) is 0.391. The number of hydrogen-bond donors (Lipinski definition) is 0. The molecule has 1 aliphatic carbocycles. The van der Waals surface area contributed by atoms with Crippen LogP contribution in [0.25, 0.3) is 0 Å². The summed E-state index contributed by atoms with van der Waals surface area (Å²) in [6.45, 7) is 5.06. The number of carbonyl (C=O) groups excluding carboxylic acids is 2. The Hall–Kier alpha value is -0.980. The fraction of sp³-hybridized carbons (Fsp3) is 0.867. The second kappa shape index (κ2) is 5.34. The van der Waals surface area contributed by atoms with E-state index in [9.17, 15) is 9.59 Å². The summed E-state index contributed by atoms with van der Waals surface area (Å²) >= 11 is 0. The van der Waals surface area contributed by atoms with Gasteiger partial charge in [-0.15, -0.1) is 0 Å². The fourth-order valence-electron chi connectivity index (χ4n) is 3.63. The number of carbonyl (C=O) groups is 2. The van der Waals surface area contributed by atoms with Crippen molar-refractivity contribution in [2.45, 2.75) is 57.3 Å². The van der Waals surface area contributed by atoms with E-state index >= 15 is 0 Å². The molecule has 1 aliphatic heterocycles. The molecule has 2 rings (SSSR count). The van der Waals surface area contributed by atoms with Gasteiger partial charge in [-0.1, -0.05) is 0 Å². The number of likely N-dealkylation sites (N-methyl/N-ethyl adjacent to an activating group) is 1. The van der Waals surface area contributed by atoms with Gasteiger partial charge in [0.1, 0.15) is 30.6 Å². The van der Waals surface area contributed by atoms with Crippen molar-refractivity contribution in [2.24, 2.45) is 5.92 Å². The Labute approximate surface area is 125 Å². The van der Waals surface area contributed by atoms with Crippen LogP contribution >= 0.6 is 0 Å². The van der Waals surface area contributed by atoms with Crippen LogP contribution in [-0.4, -0.2) is 68.0 Å². The highest BCUT2D eigenvalue weighted by Gasteiger charge is 2.59. The van der Waals surface area contributed by atoms with Gasteiger partial charge in [0, 0.05) is 13.3 Å². The average Bonchev–Trinajstić information content (AvgIpc) is 2.61. The molecular weight excluding hydrogens is 274 g/mol. The SMILES string of the molecule is CC(=O)O[C@H]1CC(C=O)[C@H]([N+](C)(C)C)[C@H]2OC(C)(C)O[C@H]21. The van der Waals surface area contributed by atoms with Gasteiger partial charge in [-0.25, -0.2) is 0 Å². The fourth-order valence-corrected chi connectivity index (χ4v) is 3.63. The zero-order valence-electron chi connectivity index (χ0n) is 13.7. The molecule has 1 saturated carbocycles. The van der Waals surface area contributed by atoms with Crippen LogP contribution in [0.5, 0.6) is 0 Å². The normalized spacial score (nSPS) is 38.7. The molecule has 6 heteroatoms. The minimum Gasteiger partial charge on any atom is -0.460 e. The van der Waals surface area contributed by atoms with E-state index in [1.807, 2.05) is 35.0 Å². The molecule has 2 aliphatic rings. The molecule has 0 aromatic rings. The summed E-state index contributed by atoms with van der Waals surface area (Å²) in [5.74, 6) is -1.33. The maximum Gasteiger partial charge on any atom is 0.302 e. The van der Waals surface area contributed by atoms with Gasteiger partial charge in [0.15, 0.2) is 5.79 Å². The number of nitrogens with zero attached hydrogens (tertiary/aromatic N) is 1. The molecule has 0 amide bonds.